The Morgan fingerprint density at radius 2 is 1.44 bits per heavy atom. The second-order valence-electron chi connectivity index (χ2n) is 4.97. The second kappa shape index (κ2) is 9.75. The van der Waals surface area contributed by atoms with Crippen LogP contribution < -0.4 is 0 Å². The van der Waals surface area contributed by atoms with Crippen LogP contribution in [-0.4, -0.2) is 29.4 Å². The van der Waals surface area contributed by atoms with E-state index < -0.39 is 21.5 Å². The molecule has 5 heteroatoms. The zero-order valence-corrected chi connectivity index (χ0v) is 12.5. The largest absolute Gasteiger partial charge is 0.392 e. The maximum Gasteiger partial charge on any atom is 0.270 e. The molecule has 2 atom stereocenters. The average Bonchev–Trinajstić information content (AvgIpc) is 2.26. The molecular formula is C13H28O4S. The predicted octanol–water partition coefficient (Wildman–Crippen LogP) is 3.15. The van der Waals surface area contributed by atoms with Crippen LogP contribution in [0.2, 0.25) is 0 Å². The molecule has 0 heterocycles. The summed E-state index contributed by atoms with van der Waals surface area (Å²) in [5.74, 6) is 0. The molecule has 0 fully saturated rings. The fourth-order valence-electron chi connectivity index (χ4n) is 2.15. The number of rotatable bonds is 11. The fourth-order valence-corrected chi connectivity index (χ4v) is 3.14. The van der Waals surface area contributed by atoms with E-state index in [2.05, 4.69) is 6.92 Å². The lowest BCUT2D eigenvalue weighted by Crippen LogP contribution is -2.33. The normalized spacial score (nSPS) is 15.6. The van der Waals surface area contributed by atoms with Gasteiger partial charge in [0.2, 0.25) is 0 Å². The van der Waals surface area contributed by atoms with Crippen molar-refractivity contribution in [1.29, 1.82) is 0 Å². The first kappa shape index (κ1) is 17.9. The van der Waals surface area contributed by atoms with Crippen LogP contribution in [0, 0.1) is 0 Å². The van der Waals surface area contributed by atoms with E-state index >= 15 is 0 Å². The van der Waals surface area contributed by atoms with Gasteiger partial charge in [0.25, 0.3) is 10.1 Å². The van der Waals surface area contributed by atoms with Gasteiger partial charge in [-0.05, 0) is 12.8 Å². The molecule has 0 bridgehead atoms. The summed E-state index contributed by atoms with van der Waals surface area (Å²) in [5, 5.41) is 8.74. The van der Waals surface area contributed by atoms with E-state index in [9.17, 15) is 13.5 Å². The Labute approximate surface area is 112 Å². The molecule has 0 aromatic rings. The van der Waals surface area contributed by atoms with Crippen LogP contribution in [0.5, 0.6) is 0 Å². The Hall–Kier alpha value is -0.130. The summed E-state index contributed by atoms with van der Waals surface area (Å²) in [7, 11) is -4.13. The van der Waals surface area contributed by atoms with Gasteiger partial charge in [0.1, 0.15) is 5.25 Å². The summed E-state index contributed by atoms with van der Waals surface area (Å²) >= 11 is 0. The maximum atomic E-state index is 11.2. The molecule has 0 saturated carbocycles. The number of hydrogen-bond acceptors (Lipinski definition) is 3. The average molecular weight is 280 g/mol. The Morgan fingerprint density at radius 1 is 0.889 bits per heavy atom. The van der Waals surface area contributed by atoms with Gasteiger partial charge in [-0.3, -0.25) is 4.55 Å². The highest BCUT2D eigenvalue weighted by Crippen LogP contribution is 2.18. The van der Waals surface area contributed by atoms with Crippen LogP contribution in [0.15, 0.2) is 0 Å². The van der Waals surface area contributed by atoms with Gasteiger partial charge in [-0.2, -0.15) is 8.42 Å². The molecule has 0 aromatic carbocycles. The van der Waals surface area contributed by atoms with E-state index in [-0.39, 0.29) is 0 Å². The number of aliphatic hydroxyl groups is 1. The molecule has 110 valence electrons. The maximum absolute atomic E-state index is 11.2. The number of aliphatic hydroxyl groups excluding tert-OH is 1. The van der Waals surface area contributed by atoms with Gasteiger partial charge in [-0.1, -0.05) is 58.8 Å². The first-order valence-corrected chi connectivity index (χ1v) is 8.58. The molecule has 0 aliphatic rings. The molecule has 18 heavy (non-hydrogen) atoms. The first-order valence-electron chi connectivity index (χ1n) is 7.07. The van der Waals surface area contributed by atoms with Crippen molar-refractivity contribution in [3.63, 3.8) is 0 Å². The van der Waals surface area contributed by atoms with Crippen LogP contribution in [0.25, 0.3) is 0 Å². The highest BCUT2D eigenvalue weighted by molar-refractivity contribution is 7.86. The van der Waals surface area contributed by atoms with Gasteiger partial charge in [0.15, 0.2) is 0 Å². The Balaban J connectivity index is 4.04. The van der Waals surface area contributed by atoms with Crippen LogP contribution in [-0.2, 0) is 10.1 Å². The van der Waals surface area contributed by atoms with Crippen molar-refractivity contribution in [2.75, 3.05) is 0 Å². The molecule has 0 saturated heterocycles. The van der Waals surface area contributed by atoms with Crippen LogP contribution >= 0.6 is 0 Å². The molecule has 0 amide bonds. The van der Waals surface area contributed by atoms with Crippen molar-refractivity contribution in [2.45, 2.75) is 83.0 Å². The van der Waals surface area contributed by atoms with E-state index in [4.69, 9.17) is 4.55 Å². The van der Waals surface area contributed by atoms with Crippen LogP contribution in [0.3, 0.4) is 0 Å². The van der Waals surface area contributed by atoms with E-state index in [0.717, 1.165) is 19.3 Å². The second-order valence-corrected chi connectivity index (χ2v) is 6.60. The van der Waals surface area contributed by atoms with E-state index in [1.807, 2.05) is 6.92 Å². The summed E-state index contributed by atoms with van der Waals surface area (Å²) in [5.41, 5.74) is 0. The SMILES string of the molecule is CCCCCCCCC(C(O)CCC)S(=O)(=O)O. The van der Waals surface area contributed by atoms with Gasteiger partial charge >= 0.3 is 0 Å². The molecule has 0 spiro atoms. The fraction of sp³-hybridized carbons (Fsp3) is 1.00. The standard InChI is InChI=1S/C13H28O4S/c1-3-5-6-7-8-9-11-13(18(15,16)17)12(14)10-4-2/h12-14H,3-11H2,1-2H3,(H,15,16,17). The van der Waals surface area contributed by atoms with Crippen molar-refractivity contribution in [3.05, 3.63) is 0 Å². The van der Waals surface area contributed by atoms with Crippen LogP contribution in [0.1, 0.15) is 71.6 Å². The van der Waals surface area contributed by atoms with Gasteiger partial charge < -0.3 is 5.11 Å². The summed E-state index contributed by atoms with van der Waals surface area (Å²) in [6, 6.07) is 0. The first-order chi connectivity index (χ1) is 8.43. The minimum Gasteiger partial charge on any atom is -0.392 e. The monoisotopic (exact) mass is 280 g/mol. The van der Waals surface area contributed by atoms with Crippen molar-refractivity contribution in [2.24, 2.45) is 0 Å². The molecular weight excluding hydrogens is 252 g/mol. The third kappa shape index (κ3) is 8.06. The lowest BCUT2D eigenvalue weighted by molar-refractivity contribution is 0.149. The molecule has 0 rings (SSSR count). The summed E-state index contributed by atoms with van der Waals surface area (Å²) in [6.07, 6.45) is 6.90. The smallest absolute Gasteiger partial charge is 0.270 e. The Morgan fingerprint density at radius 3 is 1.94 bits per heavy atom. The van der Waals surface area contributed by atoms with E-state index in [1.165, 1.54) is 19.3 Å². The highest BCUT2D eigenvalue weighted by atomic mass is 32.2. The van der Waals surface area contributed by atoms with Crippen LogP contribution in [0.4, 0.5) is 0 Å². The van der Waals surface area contributed by atoms with Crippen molar-refractivity contribution in [1.82, 2.24) is 0 Å². The number of hydrogen-bond donors (Lipinski definition) is 2. The molecule has 4 nitrogen and oxygen atoms in total. The topological polar surface area (TPSA) is 74.6 Å². The molecule has 0 radical (unpaired) electrons. The third-order valence-electron chi connectivity index (χ3n) is 3.24. The molecule has 2 N–H and O–H groups in total. The predicted molar refractivity (Wildman–Crippen MR) is 74.2 cm³/mol. The molecule has 0 aliphatic carbocycles. The number of unbranched alkanes of at least 4 members (excludes halogenated alkanes) is 5. The third-order valence-corrected chi connectivity index (χ3v) is 4.55. The van der Waals surface area contributed by atoms with Crippen molar-refractivity contribution in [3.8, 4) is 0 Å². The summed E-state index contributed by atoms with van der Waals surface area (Å²) in [6.45, 7) is 4.03. The zero-order chi connectivity index (χ0) is 14.0. The van der Waals surface area contributed by atoms with E-state index in [1.54, 1.807) is 0 Å². The minimum absolute atomic E-state index is 0.353. The van der Waals surface area contributed by atoms with Gasteiger partial charge in [-0.15, -0.1) is 0 Å². The van der Waals surface area contributed by atoms with Gasteiger partial charge in [-0.25, -0.2) is 0 Å². The van der Waals surface area contributed by atoms with Gasteiger partial charge in [0, 0.05) is 0 Å². The lowest BCUT2D eigenvalue weighted by Gasteiger charge is -2.19. The Kier molecular flexibility index (Phi) is 9.68. The van der Waals surface area contributed by atoms with Crippen molar-refractivity contribution < 1.29 is 18.1 Å². The molecule has 2 unspecified atom stereocenters. The zero-order valence-electron chi connectivity index (χ0n) is 11.6. The van der Waals surface area contributed by atoms with Gasteiger partial charge in [0.05, 0.1) is 6.10 Å². The Bertz CT molecular complexity index is 287. The molecule has 0 aromatic heterocycles. The molecule has 0 aliphatic heterocycles. The quantitative estimate of drug-likeness (QED) is 0.450. The minimum atomic E-state index is -4.13. The highest BCUT2D eigenvalue weighted by Gasteiger charge is 2.29. The van der Waals surface area contributed by atoms with E-state index in [0.29, 0.717) is 19.3 Å². The lowest BCUT2D eigenvalue weighted by atomic mass is 10.0. The van der Waals surface area contributed by atoms with Crippen molar-refractivity contribution >= 4 is 10.1 Å². The summed E-state index contributed by atoms with van der Waals surface area (Å²) < 4.78 is 31.5. The summed E-state index contributed by atoms with van der Waals surface area (Å²) in [4.78, 5) is 0.